The number of tetrazole rings is 1. The van der Waals surface area contributed by atoms with Crippen LogP contribution >= 0.6 is 0 Å². The van der Waals surface area contributed by atoms with Crippen molar-refractivity contribution in [2.24, 2.45) is 5.92 Å². The van der Waals surface area contributed by atoms with Crippen molar-refractivity contribution in [3.05, 3.63) is 5.82 Å². The molecule has 0 spiro atoms. The van der Waals surface area contributed by atoms with E-state index in [1.807, 2.05) is 4.68 Å². The third-order valence-corrected chi connectivity index (χ3v) is 3.27. The van der Waals surface area contributed by atoms with Crippen molar-refractivity contribution in [3.8, 4) is 0 Å². The summed E-state index contributed by atoms with van der Waals surface area (Å²) in [6.07, 6.45) is 4.95. The summed E-state index contributed by atoms with van der Waals surface area (Å²) in [5.41, 5.74) is 0. The van der Waals surface area contributed by atoms with Gasteiger partial charge in [-0.1, -0.05) is 13.8 Å². The van der Waals surface area contributed by atoms with Crippen molar-refractivity contribution < 1.29 is 0 Å². The average Bonchev–Trinajstić information content (AvgIpc) is 3.00. The van der Waals surface area contributed by atoms with Crippen molar-refractivity contribution in [1.29, 1.82) is 0 Å². The Morgan fingerprint density at radius 3 is 2.71 bits per heavy atom. The number of aromatic nitrogens is 4. The van der Waals surface area contributed by atoms with Crippen molar-refractivity contribution in [2.45, 2.75) is 65.1 Å². The number of rotatable bonds is 7. The van der Waals surface area contributed by atoms with E-state index in [0.717, 1.165) is 24.7 Å². The zero-order chi connectivity index (χ0) is 12.3. The first-order valence-corrected chi connectivity index (χ1v) is 6.67. The fraction of sp³-hybridized carbons (Fsp3) is 0.917. The maximum atomic E-state index is 4.11. The Morgan fingerprint density at radius 1 is 1.29 bits per heavy atom. The topological polar surface area (TPSA) is 55.6 Å². The summed E-state index contributed by atoms with van der Waals surface area (Å²) in [4.78, 5) is 0. The molecule has 96 valence electrons. The lowest BCUT2D eigenvalue weighted by atomic mass is 10.0. The minimum absolute atomic E-state index is 0.392. The van der Waals surface area contributed by atoms with Crippen LogP contribution in [0.4, 0.5) is 0 Å². The molecule has 0 amide bonds. The molecule has 1 aromatic heterocycles. The van der Waals surface area contributed by atoms with E-state index in [9.17, 15) is 0 Å². The molecule has 1 aliphatic carbocycles. The molecule has 1 aliphatic rings. The van der Waals surface area contributed by atoms with Gasteiger partial charge in [-0.25, -0.2) is 4.68 Å². The maximum Gasteiger partial charge on any atom is 0.165 e. The number of hydrogen-bond acceptors (Lipinski definition) is 4. The fourth-order valence-corrected chi connectivity index (χ4v) is 1.89. The summed E-state index contributed by atoms with van der Waals surface area (Å²) in [5.74, 6) is 1.70. The molecular formula is C12H23N5. The molecule has 0 bridgehead atoms. The van der Waals surface area contributed by atoms with Crippen molar-refractivity contribution in [1.82, 2.24) is 25.5 Å². The lowest BCUT2D eigenvalue weighted by Gasteiger charge is -2.14. The first kappa shape index (κ1) is 12.5. The molecule has 0 saturated heterocycles. The van der Waals surface area contributed by atoms with E-state index in [0.29, 0.717) is 12.1 Å². The molecule has 5 nitrogen and oxygen atoms in total. The molecule has 5 heteroatoms. The summed E-state index contributed by atoms with van der Waals surface area (Å²) < 4.78 is 1.97. The molecule has 0 aliphatic heterocycles. The molecule has 1 saturated carbocycles. The molecule has 2 rings (SSSR count). The van der Waals surface area contributed by atoms with E-state index in [1.165, 1.54) is 19.3 Å². The summed E-state index contributed by atoms with van der Waals surface area (Å²) >= 11 is 0. The normalized spacial score (nSPS) is 17.6. The van der Waals surface area contributed by atoms with Crippen molar-refractivity contribution >= 4 is 0 Å². The second kappa shape index (κ2) is 5.58. The Balaban J connectivity index is 1.86. The highest BCUT2D eigenvalue weighted by Gasteiger charge is 2.22. The van der Waals surface area contributed by atoms with Gasteiger partial charge in [0.05, 0.1) is 12.6 Å². The summed E-state index contributed by atoms with van der Waals surface area (Å²) in [7, 11) is 0. The molecule has 1 atom stereocenters. The first-order chi connectivity index (χ1) is 8.16. The Labute approximate surface area is 103 Å². The van der Waals surface area contributed by atoms with Gasteiger partial charge in [0.15, 0.2) is 5.82 Å². The maximum absolute atomic E-state index is 4.11. The van der Waals surface area contributed by atoms with Gasteiger partial charge in [0.1, 0.15) is 0 Å². The lowest BCUT2D eigenvalue weighted by Crippen LogP contribution is -2.21. The number of nitrogens with one attached hydrogen (secondary N) is 1. The van der Waals surface area contributed by atoms with E-state index in [2.05, 4.69) is 41.6 Å². The van der Waals surface area contributed by atoms with Crippen LogP contribution in [-0.2, 0) is 6.54 Å². The third kappa shape index (κ3) is 3.77. The van der Waals surface area contributed by atoms with E-state index in [4.69, 9.17) is 0 Å². The van der Waals surface area contributed by atoms with Crippen LogP contribution in [0.25, 0.3) is 0 Å². The van der Waals surface area contributed by atoms with Gasteiger partial charge >= 0.3 is 0 Å². The largest absolute Gasteiger partial charge is 0.307 e. The Hall–Kier alpha value is -0.970. The van der Waals surface area contributed by atoms with Gasteiger partial charge in [-0.15, -0.1) is 5.10 Å². The van der Waals surface area contributed by atoms with Gasteiger partial charge in [0, 0.05) is 6.04 Å². The molecule has 1 unspecified atom stereocenters. The van der Waals surface area contributed by atoms with Crippen LogP contribution in [-0.4, -0.2) is 26.2 Å². The van der Waals surface area contributed by atoms with Crippen LogP contribution in [0, 0.1) is 5.92 Å². The first-order valence-electron chi connectivity index (χ1n) is 6.67. The van der Waals surface area contributed by atoms with Crippen LogP contribution in [0.2, 0.25) is 0 Å². The third-order valence-electron chi connectivity index (χ3n) is 3.27. The van der Waals surface area contributed by atoms with Gasteiger partial charge in [-0.2, -0.15) is 0 Å². The predicted octanol–water partition coefficient (Wildman–Crippen LogP) is 1.92. The minimum Gasteiger partial charge on any atom is -0.307 e. The number of nitrogens with zero attached hydrogens (tertiary/aromatic N) is 4. The Morgan fingerprint density at radius 2 is 2.06 bits per heavy atom. The highest BCUT2D eigenvalue weighted by Crippen LogP contribution is 2.20. The molecular weight excluding hydrogens is 214 g/mol. The lowest BCUT2D eigenvalue weighted by molar-refractivity contribution is 0.389. The molecule has 0 aromatic carbocycles. The zero-order valence-corrected chi connectivity index (χ0v) is 11.1. The second-order valence-electron chi connectivity index (χ2n) is 5.52. The summed E-state index contributed by atoms with van der Waals surface area (Å²) in [6.45, 7) is 7.49. The van der Waals surface area contributed by atoms with Gasteiger partial charge in [-0.05, 0) is 49.0 Å². The monoisotopic (exact) mass is 237 g/mol. The van der Waals surface area contributed by atoms with Crippen molar-refractivity contribution in [2.75, 3.05) is 0 Å². The standard InChI is InChI=1S/C12H23N5/c1-9(2)4-5-10(3)17-12(14-15-16-17)8-13-11-6-7-11/h9-11,13H,4-8H2,1-3H3. The fourth-order valence-electron chi connectivity index (χ4n) is 1.89. The molecule has 0 radical (unpaired) electrons. The quantitative estimate of drug-likeness (QED) is 0.787. The molecule has 17 heavy (non-hydrogen) atoms. The molecule has 1 fully saturated rings. The van der Waals surface area contributed by atoms with Crippen LogP contribution in [0.3, 0.4) is 0 Å². The van der Waals surface area contributed by atoms with E-state index in [1.54, 1.807) is 0 Å². The second-order valence-corrected chi connectivity index (χ2v) is 5.52. The van der Waals surface area contributed by atoms with Gasteiger partial charge in [0.25, 0.3) is 0 Å². The summed E-state index contributed by atoms with van der Waals surface area (Å²) in [6, 6.07) is 1.09. The minimum atomic E-state index is 0.392. The van der Waals surface area contributed by atoms with Crippen LogP contribution in [0.5, 0.6) is 0 Å². The van der Waals surface area contributed by atoms with E-state index in [-0.39, 0.29) is 0 Å². The predicted molar refractivity (Wildman–Crippen MR) is 66.5 cm³/mol. The highest BCUT2D eigenvalue weighted by molar-refractivity contribution is 4.88. The van der Waals surface area contributed by atoms with Gasteiger partial charge < -0.3 is 5.32 Å². The van der Waals surface area contributed by atoms with E-state index >= 15 is 0 Å². The average molecular weight is 237 g/mol. The van der Waals surface area contributed by atoms with Crippen molar-refractivity contribution in [3.63, 3.8) is 0 Å². The van der Waals surface area contributed by atoms with Crippen LogP contribution in [0.15, 0.2) is 0 Å². The Kier molecular flexibility index (Phi) is 4.10. The van der Waals surface area contributed by atoms with Crippen LogP contribution < -0.4 is 5.32 Å². The Bertz CT molecular complexity index is 342. The SMILES string of the molecule is CC(C)CCC(C)n1nnnc1CNC1CC1. The molecule has 1 aromatic rings. The highest BCUT2D eigenvalue weighted by atomic mass is 15.6. The van der Waals surface area contributed by atoms with Gasteiger partial charge in [0.2, 0.25) is 0 Å². The summed E-state index contributed by atoms with van der Waals surface area (Å²) in [5, 5.41) is 15.5. The van der Waals surface area contributed by atoms with E-state index < -0.39 is 0 Å². The van der Waals surface area contributed by atoms with Gasteiger partial charge in [-0.3, -0.25) is 0 Å². The molecule has 1 N–H and O–H groups in total. The number of hydrogen-bond donors (Lipinski definition) is 1. The molecule has 1 heterocycles. The smallest absolute Gasteiger partial charge is 0.165 e. The van der Waals surface area contributed by atoms with Crippen LogP contribution in [0.1, 0.15) is 58.3 Å². The zero-order valence-electron chi connectivity index (χ0n) is 11.1.